The Morgan fingerprint density at radius 3 is 2.40 bits per heavy atom. The average molecular weight is 291 g/mol. The first-order valence-electron chi connectivity index (χ1n) is 8.01. The van der Waals surface area contributed by atoms with E-state index in [1.807, 2.05) is 0 Å². The molecule has 0 saturated heterocycles. The van der Waals surface area contributed by atoms with Gasteiger partial charge in [-0.1, -0.05) is 24.3 Å². The van der Waals surface area contributed by atoms with Gasteiger partial charge in [0.05, 0.1) is 12.0 Å². The third-order valence-electron chi connectivity index (χ3n) is 6.03. The van der Waals surface area contributed by atoms with Crippen LogP contribution in [0.25, 0.3) is 0 Å². The highest BCUT2D eigenvalue weighted by atomic mass is 35.5. The lowest BCUT2D eigenvalue weighted by Crippen LogP contribution is -2.04. The van der Waals surface area contributed by atoms with Crippen molar-refractivity contribution in [1.82, 2.24) is 0 Å². The summed E-state index contributed by atoms with van der Waals surface area (Å²) in [6.07, 6.45) is 5.44. The molecule has 108 valence electrons. The second kappa shape index (κ2) is 5.03. The zero-order valence-electron chi connectivity index (χ0n) is 12.1. The first-order chi connectivity index (χ1) is 9.79. The molecule has 2 heteroatoms. The lowest BCUT2D eigenvalue weighted by atomic mass is 9.96. The SMILES string of the molecule is COCCc1ccc(C(Cl)C2C3C4CCC(C4)C32)cc1. The summed E-state index contributed by atoms with van der Waals surface area (Å²) in [5, 5.41) is 0.241. The highest BCUT2D eigenvalue weighted by Gasteiger charge is 2.66. The van der Waals surface area contributed by atoms with Gasteiger partial charge < -0.3 is 4.74 Å². The number of ether oxygens (including phenoxy) is 1. The van der Waals surface area contributed by atoms with Gasteiger partial charge in [0.1, 0.15) is 0 Å². The molecule has 3 aliphatic carbocycles. The molecular formula is C18H23ClO. The summed E-state index contributed by atoms with van der Waals surface area (Å²) in [5.41, 5.74) is 2.67. The molecule has 3 saturated carbocycles. The topological polar surface area (TPSA) is 9.23 Å². The molecule has 0 aromatic heterocycles. The normalized spacial score (nSPS) is 38.8. The minimum atomic E-state index is 0.241. The molecule has 0 heterocycles. The van der Waals surface area contributed by atoms with E-state index in [0.29, 0.717) is 0 Å². The molecule has 1 nitrogen and oxygen atoms in total. The predicted octanol–water partition coefficient (Wildman–Crippen LogP) is 4.45. The van der Waals surface area contributed by atoms with Gasteiger partial charge in [0.25, 0.3) is 0 Å². The third-order valence-corrected chi connectivity index (χ3v) is 6.57. The van der Waals surface area contributed by atoms with Gasteiger partial charge in [-0.3, -0.25) is 0 Å². The van der Waals surface area contributed by atoms with Gasteiger partial charge in [-0.25, -0.2) is 0 Å². The average Bonchev–Trinajstić information content (AvgIpc) is 2.92. The van der Waals surface area contributed by atoms with Gasteiger partial charge in [0.15, 0.2) is 0 Å². The van der Waals surface area contributed by atoms with Crippen LogP contribution in [-0.4, -0.2) is 13.7 Å². The van der Waals surface area contributed by atoms with E-state index in [-0.39, 0.29) is 5.38 Å². The Morgan fingerprint density at radius 1 is 1.15 bits per heavy atom. The van der Waals surface area contributed by atoms with E-state index >= 15 is 0 Å². The van der Waals surface area contributed by atoms with Crippen LogP contribution in [0.15, 0.2) is 24.3 Å². The summed E-state index contributed by atoms with van der Waals surface area (Å²) < 4.78 is 5.13. The Hall–Kier alpha value is -0.530. The number of methoxy groups -OCH3 is 1. The van der Waals surface area contributed by atoms with Crippen LogP contribution in [0.3, 0.4) is 0 Å². The molecule has 0 amide bonds. The second-order valence-electron chi connectivity index (χ2n) is 6.95. The zero-order chi connectivity index (χ0) is 13.7. The van der Waals surface area contributed by atoms with E-state index in [1.165, 1.54) is 30.4 Å². The van der Waals surface area contributed by atoms with Crippen LogP contribution in [0, 0.1) is 29.6 Å². The van der Waals surface area contributed by atoms with E-state index in [2.05, 4.69) is 24.3 Å². The van der Waals surface area contributed by atoms with Crippen molar-refractivity contribution < 1.29 is 4.74 Å². The first-order valence-corrected chi connectivity index (χ1v) is 8.45. The predicted molar refractivity (Wildman–Crippen MR) is 81.9 cm³/mol. The number of rotatable bonds is 5. The van der Waals surface area contributed by atoms with Crippen LogP contribution in [0.1, 0.15) is 35.8 Å². The summed E-state index contributed by atoms with van der Waals surface area (Å²) in [5.74, 6) is 4.72. The van der Waals surface area contributed by atoms with Crippen LogP contribution >= 0.6 is 11.6 Å². The fourth-order valence-electron chi connectivity index (χ4n) is 5.09. The van der Waals surface area contributed by atoms with E-state index < -0.39 is 0 Å². The van der Waals surface area contributed by atoms with E-state index in [1.54, 1.807) is 7.11 Å². The summed E-state index contributed by atoms with van der Waals surface area (Å²) in [6.45, 7) is 0.791. The summed E-state index contributed by atoms with van der Waals surface area (Å²) in [4.78, 5) is 0. The van der Waals surface area contributed by atoms with Crippen molar-refractivity contribution >= 4 is 11.6 Å². The van der Waals surface area contributed by atoms with Gasteiger partial charge in [-0.05, 0) is 66.4 Å². The standard InChI is InChI=1S/C18H23ClO/c1-20-9-8-11-2-4-12(5-3-11)18(19)17-15-13-6-7-14(10-13)16(15)17/h2-5,13-18H,6-10H2,1H3. The van der Waals surface area contributed by atoms with E-state index in [4.69, 9.17) is 16.3 Å². The fraction of sp³-hybridized carbons (Fsp3) is 0.667. The zero-order valence-corrected chi connectivity index (χ0v) is 12.9. The third kappa shape index (κ3) is 2.02. The number of hydrogen-bond acceptors (Lipinski definition) is 1. The summed E-state index contributed by atoms with van der Waals surface area (Å²) in [6, 6.07) is 8.91. The molecule has 3 aliphatic rings. The monoisotopic (exact) mass is 290 g/mol. The van der Waals surface area contributed by atoms with Crippen LogP contribution in [-0.2, 0) is 11.2 Å². The summed E-state index contributed by atoms with van der Waals surface area (Å²) >= 11 is 6.80. The largest absolute Gasteiger partial charge is 0.384 e. The Balaban J connectivity index is 1.43. The van der Waals surface area contributed by atoms with Crippen molar-refractivity contribution in [3.63, 3.8) is 0 Å². The number of fused-ring (bicyclic) bond motifs is 5. The fourth-order valence-corrected chi connectivity index (χ4v) is 5.58. The van der Waals surface area contributed by atoms with Gasteiger partial charge >= 0.3 is 0 Å². The van der Waals surface area contributed by atoms with Gasteiger partial charge in [-0.2, -0.15) is 0 Å². The van der Waals surface area contributed by atoms with Crippen molar-refractivity contribution in [3.8, 4) is 0 Å². The number of alkyl halides is 1. The quantitative estimate of drug-likeness (QED) is 0.728. The van der Waals surface area contributed by atoms with Crippen molar-refractivity contribution in [3.05, 3.63) is 35.4 Å². The maximum absolute atomic E-state index is 6.80. The molecule has 1 aromatic rings. The number of benzene rings is 1. The van der Waals surface area contributed by atoms with Crippen LogP contribution in [0.4, 0.5) is 0 Å². The van der Waals surface area contributed by atoms with E-state index in [9.17, 15) is 0 Å². The Kier molecular flexibility index (Phi) is 3.31. The highest BCUT2D eigenvalue weighted by molar-refractivity contribution is 6.21. The summed E-state index contributed by atoms with van der Waals surface area (Å²) in [7, 11) is 1.75. The van der Waals surface area contributed by atoms with Crippen molar-refractivity contribution in [2.75, 3.05) is 13.7 Å². The Labute approximate surface area is 126 Å². The van der Waals surface area contributed by atoms with Gasteiger partial charge in [0.2, 0.25) is 0 Å². The maximum Gasteiger partial charge on any atom is 0.0619 e. The lowest BCUT2D eigenvalue weighted by molar-refractivity contribution is 0.202. The van der Waals surface area contributed by atoms with Crippen LogP contribution < -0.4 is 0 Å². The maximum atomic E-state index is 6.80. The molecule has 4 rings (SSSR count). The second-order valence-corrected chi connectivity index (χ2v) is 7.42. The Bertz CT molecular complexity index is 467. The molecular weight excluding hydrogens is 268 g/mol. The molecule has 20 heavy (non-hydrogen) atoms. The smallest absolute Gasteiger partial charge is 0.0619 e. The molecule has 0 radical (unpaired) electrons. The number of hydrogen-bond donors (Lipinski definition) is 0. The molecule has 0 spiro atoms. The van der Waals surface area contributed by atoms with Crippen molar-refractivity contribution in [2.24, 2.45) is 29.6 Å². The highest BCUT2D eigenvalue weighted by Crippen LogP contribution is 2.73. The molecule has 0 N–H and O–H groups in total. The lowest BCUT2D eigenvalue weighted by Gasteiger charge is -2.15. The molecule has 5 unspecified atom stereocenters. The molecule has 3 fully saturated rings. The van der Waals surface area contributed by atoms with Gasteiger partial charge in [0, 0.05) is 7.11 Å². The molecule has 2 bridgehead atoms. The van der Waals surface area contributed by atoms with Crippen molar-refractivity contribution in [1.29, 1.82) is 0 Å². The number of halogens is 1. The Morgan fingerprint density at radius 2 is 1.80 bits per heavy atom. The minimum Gasteiger partial charge on any atom is -0.384 e. The first kappa shape index (κ1) is 13.2. The van der Waals surface area contributed by atoms with Crippen LogP contribution in [0.5, 0.6) is 0 Å². The van der Waals surface area contributed by atoms with Gasteiger partial charge in [-0.15, -0.1) is 11.6 Å². The molecule has 1 aromatic carbocycles. The van der Waals surface area contributed by atoms with Crippen molar-refractivity contribution in [2.45, 2.75) is 31.1 Å². The minimum absolute atomic E-state index is 0.241. The van der Waals surface area contributed by atoms with Crippen LogP contribution in [0.2, 0.25) is 0 Å². The molecule has 0 aliphatic heterocycles. The molecule has 5 atom stereocenters. The van der Waals surface area contributed by atoms with E-state index in [0.717, 1.165) is 42.6 Å².